The smallest absolute Gasteiger partial charge is 0.168 e. The van der Waals surface area contributed by atoms with Gasteiger partial charge in [0.1, 0.15) is 0 Å². The molecule has 4 aromatic rings. The van der Waals surface area contributed by atoms with E-state index in [9.17, 15) is 9.59 Å². The molecule has 2 N–H and O–H groups in total. The molecule has 0 spiro atoms. The van der Waals surface area contributed by atoms with Gasteiger partial charge in [-0.25, -0.2) is 0 Å². The molecule has 0 fully saturated rings. The zero-order valence-electron chi connectivity index (χ0n) is 17.4. The van der Waals surface area contributed by atoms with E-state index < -0.39 is 17.9 Å². The summed E-state index contributed by atoms with van der Waals surface area (Å²) in [5.74, 6) is 0.0304. The van der Waals surface area contributed by atoms with Crippen molar-refractivity contribution >= 4 is 51.2 Å². The topological polar surface area (TPSA) is 58.2 Å². The quantitative estimate of drug-likeness (QED) is 0.295. The maximum atomic E-state index is 10.7. The molecule has 0 atom stereocenters. The molecule has 1 radical (unpaired) electrons. The van der Waals surface area contributed by atoms with Crippen molar-refractivity contribution in [2.75, 3.05) is 0 Å². The molecule has 4 aromatic carbocycles. The molecule has 0 bridgehead atoms. The van der Waals surface area contributed by atoms with E-state index in [1.165, 1.54) is 21.5 Å². The third-order valence-electron chi connectivity index (χ3n) is 4.20. The van der Waals surface area contributed by atoms with Gasteiger partial charge in [-0.15, -0.1) is 59.3 Å². The van der Waals surface area contributed by atoms with Crippen molar-refractivity contribution in [2.24, 2.45) is 0 Å². The molecular weight excluding hydrogens is 509 g/mol. The summed E-state index contributed by atoms with van der Waals surface area (Å²) in [7, 11) is 0. The predicted molar refractivity (Wildman–Crippen MR) is 122 cm³/mol. The number of amides is 2. The first-order valence-corrected chi connectivity index (χ1v) is 12.2. The Balaban J connectivity index is 0.000000222. The fraction of sp³-hybridized carbons (Fsp3) is 0.167. The van der Waals surface area contributed by atoms with Crippen LogP contribution >= 0.6 is 0 Å². The third-order valence-corrected chi connectivity index (χ3v) is 6.16. The predicted octanol–water partition coefficient (Wildman–Crippen LogP) is 4.69. The van der Waals surface area contributed by atoms with E-state index in [0.29, 0.717) is 12.8 Å². The van der Waals surface area contributed by atoms with Gasteiger partial charge in [0.25, 0.3) is 0 Å². The van der Waals surface area contributed by atoms with Crippen molar-refractivity contribution in [3.05, 3.63) is 84.9 Å². The summed E-state index contributed by atoms with van der Waals surface area (Å²) in [6.45, 7) is 3.57. The van der Waals surface area contributed by atoms with Crippen LogP contribution in [0, 0.1) is 0 Å². The van der Waals surface area contributed by atoms with E-state index in [1.54, 1.807) is 13.8 Å². The van der Waals surface area contributed by atoms with Gasteiger partial charge in [-0.1, -0.05) is 12.1 Å². The van der Waals surface area contributed by atoms with Crippen molar-refractivity contribution in [1.82, 2.24) is 8.05 Å². The van der Waals surface area contributed by atoms with Gasteiger partial charge in [0.05, 0.1) is 0 Å². The van der Waals surface area contributed by atoms with Gasteiger partial charge in [0, 0.05) is 0 Å². The Morgan fingerprint density at radius 1 is 0.733 bits per heavy atom. The molecule has 0 unspecified atom stereocenters. The average molecular weight is 535 g/mol. The third kappa shape index (κ3) is 9.29. The van der Waals surface area contributed by atoms with Gasteiger partial charge >= 0.3 is 100 Å². The maximum absolute atomic E-state index is 10.7. The summed E-state index contributed by atoms with van der Waals surface area (Å²) in [6.07, 6.45) is 0.971. The number of rotatable bonds is 4. The first kappa shape index (κ1) is 26.2. The summed E-state index contributed by atoms with van der Waals surface area (Å²) < 4.78 is 5.37. The van der Waals surface area contributed by atoms with Gasteiger partial charge in [-0.2, -0.15) is 35.0 Å². The number of carbonyl (C=O) groups excluding carboxylic acids is 2. The minimum atomic E-state index is -1.05. The SMILES string of the molecule is CCC(=O)[NH][Ga][NH]C(=O)CC.[Zr+2].c1ccc2[cH-]ccc2c1.c1ccc2[cH-]ccc2c1. The maximum Gasteiger partial charge on any atom is 2.00 e. The first-order chi connectivity index (χ1) is 14.1. The van der Waals surface area contributed by atoms with E-state index in [0.717, 1.165) is 0 Å². The molecule has 0 saturated heterocycles. The van der Waals surface area contributed by atoms with Crippen LogP contribution in [0.15, 0.2) is 84.9 Å². The zero-order valence-corrected chi connectivity index (χ0v) is 22.3. The Kier molecular flexibility index (Phi) is 13.1. The monoisotopic (exact) mass is 533 g/mol. The summed E-state index contributed by atoms with van der Waals surface area (Å²) in [6, 6.07) is 29.3. The van der Waals surface area contributed by atoms with Crippen molar-refractivity contribution in [2.45, 2.75) is 26.7 Å². The number of fused-ring (bicyclic) bond motifs is 2. The van der Waals surface area contributed by atoms with Crippen LogP contribution in [0.5, 0.6) is 0 Å². The molecule has 4 rings (SSSR count). The Morgan fingerprint density at radius 3 is 1.50 bits per heavy atom. The Bertz CT molecular complexity index is 884. The molecule has 0 aliphatic rings. The largest absolute Gasteiger partial charge is 2.00 e. The Labute approximate surface area is 205 Å². The van der Waals surface area contributed by atoms with Crippen LogP contribution in [0.25, 0.3) is 21.5 Å². The van der Waals surface area contributed by atoms with E-state index in [2.05, 4.69) is 93.0 Å². The minimum absolute atomic E-state index is 0. The Morgan fingerprint density at radius 2 is 1.13 bits per heavy atom. The van der Waals surface area contributed by atoms with Crippen LogP contribution in [0.4, 0.5) is 0 Å². The second-order valence-corrected chi connectivity index (χ2v) is 8.11. The van der Waals surface area contributed by atoms with E-state index in [1.807, 2.05) is 0 Å². The van der Waals surface area contributed by atoms with Crippen LogP contribution in [0.3, 0.4) is 0 Å². The minimum Gasteiger partial charge on any atom is -0.168 e. The molecule has 0 aliphatic carbocycles. The second-order valence-electron chi connectivity index (χ2n) is 6.30. The van der Waals surface area contributed by atoms with Crippen LogP contribution in [0.1, 0.15) is 26.7 Å². The molecule has 0 aliphatic heterocycles. The fourth-order valence-electron chi connectivity index (χ4n) is 2.54. The van der Waals surface area contributed by atoms with Crippen LogP contribution < -0.4 is 8.05 Å². The van der Waals surface area contributed by atoms with Crippen LogP contribution in [-0.2, 0) is 35.8 Å². The summed E-state index contributed by atoms with van der Waals surface area (Å²) in [5, 5.41) is 5.32. The van der Waals surface area contributed by atoms with E-state index in [-0.39, 0.29) is 38.0 Å². The average Bonchev–Trinajstić information content (AvgIpc) is 3.43. The molecule has 0 aromatic heterocycles. The fourth-order valence-corrected chi connectivity index (χ4v) is 4.22. The van der Waals surface area contributed by atoms with Gasteiger partial charge in [-0.3, -0.25) is 0 Å². The molecule has 151 valence electrons. The van der Waals surface area contributed by atoms with Gasteiger partial charge < -0.3 is 0 Å². The van der Waals surface area contributed by atoms with Crippen LogP contribution in [0.2, 0.25) is 0 Å². The van der Waals surface area contributed by atoms with E-state index in [4.69, 9.17) is 0 Å². The summed E-state index contributed by atoms with van der Waals surface area (Å²) in [5.41, 5.74) is 0. The molecule has 6 heteroatoms. The van der Waals surface area contributed by atoms with Gasteiger partial charge in [-0.05, 0) is 0 Å². The molecule has 4 nitrogen and oxygen atoms in total. The molecule has 0 heterocycles. The van der Waals surface area contributed by atoms with E-state index >= 15 is 0 Å². The normalized spacial score (nSPS) is 9.27. The second kappa shape index (κ2) is 15.0. The zero-order chi connectivity index (χ0) is 20.9. The van der Waals surface area contributed by atoms with Crippen LogP contribution in [-0.4, -0.2) is 29.7 Å². The number of hydrogen-bond donors (Lipinski definition) is 2. The number of hydrogen-bond acceptors (Lipinski definition) is 2. The van der Waals surface area contributed by atoms with Crippen molar-refractivity contribution in [3.8, 4) is 0 Å². The number of nitrogens with one attached hydrogen (secondary N) is 2. The van der Waals surface area contributed by atoms with Gasteiger partial charge in [0.15, 0.2) is 0 Å². The number of carbonyl (C=O) groups is 2. The standard InChI is InChI=1S/2C9H7.2C3H7NO.Ga.Zr/c2*1-2-5-9-7-3-6-8(9)4-1;2*1-2-3(4)5;;/h2*1-7H;2*2H2,1H3,(H2,4,5);;/q2*-1;;;2*+2/p-2. The van der Waals surface area contributed by atoms with Crippen molar-refractivity contribution in [1.29, 1.82) is 0 Å². The molecular formula is C24H26GaN2O2Zr. The van der Waals surface area contributed by atoms with Gasteiger partial charge in [0.2, 0.25) is 0 Å². The Hall–Kier alpha value is -1.88. The molecule has 30 heavy (non-hydrogen) atoms. The summed E-state index contributed by atoms with van der Waals surface area (Å²) >= 11 is -1.05. The molecule has 2 amide bonds. The van der Waals surface area contributed by atoms with Crippen molar-refractivity contribution in [3.63, 3.8) is 0 Å². The molecule has 0 saturated carbocycles. The first-order valence-electron chi connectivity index (χ1n) is 9.75. The number of benzene rings is 2. The summed E-state index contributed by atoms with van der Waals surface area (Å²) in [4.78, 5) is 21.3. The van der Waals surface area contributed by atoms with Crippen molar-refractivity contribution < 1.29 is 35.8 Å².